The molecule has 0 bridgehead atoms. The number of hydrogen-bond acceptors (Lipinski definition) is 4. The lowest BCUT2D eigenvalue weighted by Gasteiger charge is -2.26. The zero-order valence-corrected chi connectivity index (χ0v) is 20.4. The molecule has 0 aromatic rings. The number of rotatable bonds is 7. The highest BCUT2D eigenvalue weighted by Gasteiger charge is 2.31. The molecule has 7 nitrogen and oxygen atoms in total. The van der Waals surface area contributed by atoms with E-state index in [2.05, 4.69) is 25.4 Å². The second-order valence-corrected chi connectivity index (χ2v) is 8.41. The highest BCUT2D eigenvalue weighted by molar-refractivity contribution is 14.0. The van der Waals surface area contributed by atoms with Gasteiger partial charge in [-0.3, -0.25) is 14.7 Å². The van der Waals surface area contributed by atoms with Crippen LogP contribution in [0.2, 0.25) is 0 Å². The Bertz CT molecular complexity index is 507. The van der Waals surface area contributed by atoms with Crippen LogP contribution in [0.5, 0.6) is 0 Å². The zero-order chi connectivity index (χ0) is 19.6. The molecule has 8 heteroatoms. The molecule has 2 N–H and O–H groups in total. The molecule has 3 fully saturated rings. The number of carbonyl (C=O) groups excluding carboxylic acids is 1. The van der Waals surface area contributed by atoms with Crippen LogP contribution in [-0.4, -0.2) is 87.2 Å². The number of morpholine rings is 1. The molecule has 2 aliphatic heterocycles. The summed E-state index contributed by atoms with van der Waals surface area (Å²) >= 11 is 0. The quantitative estimate of drug-likeness (QED) is 0.233. The Labute approximate surface area is 193 Å². The number of hydrogen-bond donors (Lipinski definition) is 2. The number of aliphatic imine (C=N–C) groups is 1. The molecular weight excluding hydrogens is 481 g/mol. The first kappa shape index (κ1) is 24.7. The van der Waals surface area contributed by atoms with Crippen LogP contribution in [0.1, 0.15) is 51.4 Å². The molecule has 0 radical (unpaired) electrons. The molecular formula is C21H40IN5O2. The van der Waals surface area contributed by atoms with Crippen molar-refractivity contribution in [2.45, 2.75) is 57.4 Å². The SMILES string of the molecule is CN=C(NCCCCN1CCOCC1)NC1CCN(C(=O)C2CCCCC2)C1.I. The Morgan fingerprint density at radius 3 is 2.55 bits per heavy atom. The van der Waals surface area contributed by atoms with Crippen molar-refractivity contribution in [1.82, 2.24) is 20.4 Å². The fraction of sp³-hybridized carbons (Fsp3) is 0.905. The standard InChI is InChI=1S/C21H39N5O2.HI/c1-22-21(23-10-5-6-11-25-13-15-28-16-14-25)24-19-9-12-26(17-19)20(27)18-7-3-2-4-8-18;/h18-19H,2-17H2,1H3,(H2,22,23,24);1H. The fourth-order valence-electron chi connectivity index (χ4n) is 4.57. The number of amides is 1. The van der Waals surface area contributed by atoms with E-state index < -0.39 is 0 Å². The molecule has 0 aromatic carbocycles. The lowest BCUT2D eigenvalue weighted by Crippen LogP contribution is -2.45. The number of guanidine groups is 1. The van der Waals surface area contributed by atoms with Gasteiger partial charge in [-0.05, 0) is 38.6 Å². The minimum Gasteiger partial charge on any atom is -0.379 e. The summed E-state index contributed by atoms with van der Waals surface area (Å²) < 4.78 is 5.39. The third kappa shape index (κ3) is 8.20. The van der Waals surface area contributed by atoms with Gasteiger partial charge in [-0.2, -0.15) is 0 Å². The van der Waals surface area contributed by atoms with Crippen LogP contribution in [0.3, 0.4) is 0 Å². The van der Waals surface area contributed by atoms with Crippen molar-refractivity contribution in [3.63, 3.8) is 0 Å². The Hall–Kier alpha value is -0.610. The lowest BCUT2D eigenvalue weighted by molar-refractivity contribution is -0.135. The molecule has 29 heavy (non-hydrogen) atoms. The summed E-state index contributed by atoms with van der Waals surface area (Å²) in [5, 5.41) is 6.95. The van der Waals surface area contributed by atoms with Gasteiger partial charge < -0.3 is 20.3 Å². The van der Waals surface area contributed by atoms with E-state index >= 15 is 0 Å². The van der Waals surface area contributed by atoms with E-state index in [1.807, 2.05) is 7.05 Å². The number of unbranched alkanes of at least 4 members (excludes halogenated alkanes) is 1. The molecule has 1 atom stereocenters. The number of halogens is 1. The van der Waals surface area contributed by atoms with E-state index in [1.165, 1.54) is 25.7 Å². The van der Waals surface area contributed by atoms with Gasteiger partial charge >= 0.3 is 0 Å². The molecule has 3 aliphatic rings. The lowest BCUT2D eigenvalue weighted by atomic mass is 9.88. The first-order chi connectivity index (χ1) is 13.8. The van der Waals surface area contributed by atoms with Crippen molar-refractivity contribution >= 4 is 35.8 Å². The minimum absolute atomic E-state index is 0. The highest BCUT2D eigenvalue weighted by atomic mass is 127. The van der Waals surface area contributed by atoms with Crippen molar-refractivity contribution in [1.29, 1.82) is 0 Å². The van der Waals surface area contributed by atoms with Crippen LogP contribution in [0.4, 0.5) is 0 Å². The van der Waals surface area contributed by atoms with Crippen LogP contribution in [0.25, 0.3) is 0 Å². The molecule has 1 aliphatic carbocycles. The summed E-state index contributed by atoms with van der Waals surface area (Å²) in [7, 11) is 1.82. The van der Waals surface area contributed by atoms with Gasteiger partial charge in [-0.1, -0.05) is 19.3 Å². The Morgan fingerprint density at radius 2 is 1.83 bits per heavy atom. The van der Waals surface area contributed by atoms with Gasteiger partial charge in [0.1, 0.15) is 0 Å². The number of nitrogens with one attached hydrogen (secondary N) is 2. The maximum atomic E-state index is 12.7. The molecule has 1 unspecified atom stereocenters. The fourth-order valence-corrected chi connectivity index (χ4v) is 4.57. The normalized spacial score (nSPS) is 24.2. The van der Waals surface area contributed by atoms with E-state index in [0.29, 0.717) is 11.9 Å². The van der Waals surface area contributed by atoms with Crippen molar-refractivity contribution in [3.8, 4) is 0 Å². The summed E-state index contributed by atoms with van der Waals surface area (Å²) in [6.45, 7) is 7.64. The first-order valence-electron chi connectivity index (χ1n) is 11.3. The van der Waals surface area contributed by atoms with Gasteiger partial charge in [0.15, 0.2) is 5.96 Å². The molecule has 2 heterocycles. The van der Waals surface area contributed by atoms with Crippen molar-refractivity contribution in [2.24, 2.45) is 10.9 Å². The highest BCUT2D eigenvalue weighted by Crippen LogP contribution is 2.26. The molecule has 3 rings (SSSR count). The van der Waals surface area contributed by atoms with Crippen molar-refractivity contribution in [2.75, 3.05) is 59.5 Å². The predicted octanol–water partition coefficient (Wildman–Crippen LogP) is 2.06. The van der Waals surface area contributed by atoms with E-state index in [1.54, 1.807) is 0 Å². The van der Waals surface area contributed by atoms with Crippen LogP contribution in [-0.2, 0) is 9.53 Å². The summed E-state index contributed by atoms with van der Waals surface area (Å²) in [5.74, 6) is 1.52. The van der Waals surface area contributed by atoms with E-state index in [9.17, 15) is 4.79 Å². The second kappa shape index (κ2) is 13.6. The summed E-state index contributed by atoms with van der Waals surface area (Å²) in [6.07, 6.45) is 9.23. The minimum atomic E-state index is 0. The third-order valence-corrected chi connectivity index (χ3v) is 6.32. The maximum absolute atomic E-state index is 12.7. The molecule has 2 saturated heterocycles. The van der Waals surface area contributed by atoms with Crippen molar-refractivity contribution < 1.29 is 9.53 Å². The average molecular weight is 521 g/mol. The van der Waals surface area contributed by atoms with E-state index in [4.69, 9.17) is 4.74 Å². The Morgan fingerprint density at radius 1 is 1.07 bits per heavy atom. The number of carbonyl (C=O) groups is 1. The maximum Gasteiger partial charge on any atom is 0.225 e. The summed E-state index contributed by atoms with van der Waals surface area (Å²) in [5.41, 5.74) is 0. The first-order valence-corrected chi connectivity index (χ1v) is 11.3. The summed E-state index contributed by atoms with van der Waals surface area (Å²) in [6, 6.07) is 0.312. The summed E-state index contributed by atoms with van der Waals surface area (Å²) in [4.78, 5) is 21.6. The van der Waals surface area contributed by atoms with Gasteiger partial charge in [0, 0.05) is 51.7 Å². The molecule has 1 saturated carbocycles. The molecule has 0 aromatic heterocycles. The monoisotopic (exact) mass is 521 g/mol. The zero-order valence-electron chi connectivity index (χ0n) is 18.0. The van der Waals surface area contributed by atoms with Gasteiger partial charge in [0.2, 0.25) is 5.91 Å². The largest absolute Gasteiger partial charge is 0.379 e. The molecule has 1 amide bonds. The van der Waals surface area contributed by atoms with Gasteiger partial charge in [-0.15, -0.1) is 24.0 Å². The Kier molecular flexibility index (Phi) is 11.6. The van der Waals surface area contributed by atoms with Gasteiger partial charge in [-0.25, -0.2) is 0 Å². The van der Waals surface area contributed by atoms with E-state index in [0.717, 1.165) is 84.1 Å². The molecule has 0 spiro atoms. The average Bonchev–Trinajstić information content (AvgIpc) is 3.22. The topological polar surface area (TPSA) is 69.2 Å². The van der Waals surface area contributed by atoms with Crippen LogP contribution in [0.15, 0.2) is 4.99 Å². The predicted molar refractivity (Wildman–Crippen MR) is 128 cm³/mol. The smallest absolute Gasteiger partial charge is 0.225 e. The Balaban J connectivity index is 0.00000300. The molecule has 168 valence electrons. The van der Waals surface area contributed by atoms with Crippen LogP contribution in [0, 0.1) is 5.92 Å². The van der Waals surface area contributed by atoms with E-state index in [-0.39, 0.29) is 29.9 Å². The number of likely N-dealkylation sites (tertiary alicyclic amines) is 1. The third-order valence-electron chi connectivity index (χ3n) is 6.32. The van der Waals surface area contributed by atoms with Crippen molar-refractivity contribution in [3.05, 3.63) is 0 Å². The van der Waals surface area contributed by atoms with Crippen LogP contribution < -0.4 is 10.6 Å². The number of nitrogens with zero attached hydrogens (tertiary/aromatic N) is 3. The van der Waals surface area contributed by atoms with Gasteiger partial charge in [0.05, 0.1) is 13.2 Å². The number of ether oxygens (including phenoxy) is 1. The van der Waals surface area contributed by atoms with Crippen LogP contribution >= 0.6 is 24.0 Å². The second-order valence-electron chi connectivity index (χ2n) is 8.41. The van der Waals surface area contributed by atoms with Gasteiger partial charge in [0.25, 0.3) is 0 Å².